The molecule has 3 fully saturated rings. The normalized spacial score (nSPS) is 21.6. The second-order valence-corrected chi connectivity index (χ2v) is 10.3. The lowest BCUT2D eigenvalue weighted by Crippen LogP contribution is -2.46. The first-order valence-electron chi connectivity index (χ1n) is 12.7. The van der Waals surface area contributed by atoms with Crippen molar-refractivity contribution in [2.45, 2.75) is 63.6 Å². The van der Waals surface area contributed by atoms with Gasteiger partial charge >= 0.3 is 0 Å². The van der Waals surface area contributed by atoms with Gasteiger partial charge in [0, 0.05) is 55.0 Å². The van der Waals surface area contributed by atoms with Crippen molar-refractivity contribution in [2.24, 2.45) is 5.92 Å². The molecule has 1 saturated heterocycles. The molecule has 3 aromatic rings. The predicted molar refractivity (Wildman–Crippen MR) is 132 cm³/mol. The van der Waals surface area contributed by atoms with Gasteiger partial charge in [0.2, 0.25) is 0 Å². The average Bonchev–Trinajstić information content (AvgIpc) is 3.81. The number of rotatable bonds is 8. The van der Waals surface area contributed by atoms with Crippen LogP contribution in [0, 0.1) is 5.92 Å². The summed E-state index contributed by atoms with van der Waals surface area (Å²) < 4.78 is 3.46. The maximum absolute atomic E-state index is 13.1. The zero-order valence-corrected chi connectivity index (χ0v) is 19.8. The number of pyridine rings is 2. The van der Waals surface area contributed by atoms with Gasteiger partial charge in [-0.3, -0.25) is 14.3 Å². The van der Waals surface area contributed by atoms with Crippen molar-refractivity contribution in [1.29, 1.82) is 0 Å². The van der Waals surface area contributed by atoms with Gasteiger partial charge in [-0.25, -0.2) is 4.68 Å². The minimum absolute atomic E-state index is 0.0208. The average molecular weight is 460 g/mol. The summed E-state index contributed by atoms with van der Waals surface area (Å²) >= 11 is 0. The van der Waals surface area contributed by atoms with Crippen molar-refractivity contribution < 1.29 is 0 Å². The monoisotopic (exact) mass is 459 g/mol. The Morgan fingerprint density at radius 2 is 2.03 bits per heavy atom. The van der Waals surface area contributed by atoms with Gasteiger partial charge in [-0.05, 0) is 81.5 Å². The standard InChI is InChI=1S/C26H33N7O/c1-18(33-17-25(29-30-33)22-11-21(14-27-15-22)20-6-7-20)32-10-8-24(12-26(32)34)31-9-2-3-23(16-31)28-13-19-4-5-19/h8,10-12,14-15,17-20,23,28H,2-7,9,13,16H2,1H3/t18?,23-/m1/s1. The summed E-state index contributed by atoms with van der Waals surface area (Å²) in [5.74, 6) is 1.53. The van der Waals surface area contributed by atoms with Gasteiger partial charge in [0.15, 0.2) is 0 Å². The summed E-state index contributed by atoms with van der Waals surface area (Å²) in [6, 6.07) is 6.50. The lowest BCUT2D eigenvalue weighted by molar-refractivity contribution is 0.403. The van der Waals surface area contributed by atoms with Gasteiger partial charge in [-0.2, -0.15) is 0 Å². The third kappa shape index (κ3) is 4.64. The maximum Gasteiger partial charge on any atom is 0.254 e. The molecule has 8 heteroatoms. The van der Waals surface area contributed by atoms with Crippen LogP contribution >= 0.6 is 0 Å². The summed E-state index contributed by atoms with van der Waals surface area (Å²) in [4.78, 5) is 19.8. The van der Waals surface area contributed by atoms with Crippen LogP contribution in [-0.2, 0) is 0 Å². The van der Waals surface area contributed by atoms with Crippen molar-refractivity contribution in [1.82, 2.24) is 29.9 Å². The summed E-state index contributed by atoms with van der Waals surface area (Å²) in [5.41, 5.74) is 4.01. The molecule has 0 spiro atoms. The van der Waals surface area contributed by atoms with E-state index in [1.165, 1.54) is 37.7 Å². The molecule has 2 saturated carbocycles. The largest absolute Gasteiger partial charge is 0.370 e. The Kier molecular flexibility index (Phi) is 5.69. The quantitative estimate of drug-likeness (QED) is 0.556. The molecule has 1 aliphatic heterocycles. The number of anilines is 1. The van der Waals surface area contributed by atoms with E-state index in [1.807, 2.05) is 31.7 Å². The number of aromatic nitrogens is 5. The first-order valence-corrected chi connectivity index (χ1v) is 12.7. The molecular formula is C26H33N7O. The van der Waals surface area contributed by atoms with E-state index in [9.17, 15) is 4.79 Å². The van der Waals surface area contributed by atoms with Gasteiger partial charge in [0.1, 0.15) is 11.9 Å². The van der Waals surface area contributed by atoms with Crippen LogP contribution < -0.4 is 15.8 Å². The molecule has 0 radical (unpaired) electrons. The van der Waals surface area contributed by atoms with Crippen LogP contribution in [0.3, 0.4) is 0 Å². The third-order valence-electron chi connectivity index (χ3n) is 7.51. The third-order valence-corrected chi connectivity index (χ3v) is 7.51. The highest BCUT2D eigenvalue weighted by atomic mass is 16.1. The molecule has 178 valence electrons. The Hall–Kier alpha value is -3.00. The fourth-order valence-electron chi connectivity index (χ4n) is 4.98. The molecule has 2 aliphatic carbocycles. The fraction of sp³-hybridized carbons (Fsp3) is 0.538. The Bertz CT molecular complexity index is 1210. The Balaban J connectivity index is 1.15. The van der Waals surface area contributed by atoms with Crippen LogP contribution in [-0.4, -0.2) is 50.2 Å². The lowest BCUT2D eigenvalue weighted by atomic mass is 10.0. The summed E-state index contributed by atoms with van der Waals surface area (Å²) in [7, 11) is 0. The van der Waals surface area contributed by atoms with Gasteiger partial charge in [-0.1, -0.05) is 5.21 Å². The van der Waals surface area contributed by atoms with Crippen LogP contribution in [0.5, 0.6) is 0 Å². The highest BCUT2D eigenvalue weighted by Gasteiger charge is 2.26. The molecule has 6 rings (SSSR count). The van der Waals surface area contributed by atoms with E-state index in [-0.39, 0.29) is 11.7 Å². The highest BCUT2D eigenvalue weighted by molar-refractivity contribution is 5.57. The number of nitrogens with one attached hydrogen (secondary N) is 1. The molecule has 34 heavy (non-hydrogen) atoms. The number of hydrogen-bond donors (Lipinski definition) is 1. The maximum atomic E-state index is 13.1. The van der Waals surface area contributed by atoms with Crippen LogP contribution in [0.2, 0.25) is 0 Å². The van der Waals surface area contributed by atoms with Crippen molar-refractivity contribution in [2.75, 3.05) is 24.5 Å². The molecule has 4 heterocycles. The van der Waals surface area contributed by atoms with Crippen LogP contribution in [0.15, 0.2) is 47.8 Å². The number of nitrogens with zero attached hydrogens (tertiary/aromatic N) is 6. The highest BCUT2D eigenvalue weighted by Crippen LogP contribution is 2.40. The first kappa shape index (κ1) is 21.5. The van der Waals surface area contributed by atoms with Crippen molar-refractivity contribution in [3.63, 3.8) is 0 Å². The zero-order valence-electron chi connectivity index (χ0n) is 19.8. The summed E-state index contributed by atoms with van der Waals surface area (Å²) in [6.07, 6.45) is 14.9. The summed E-state index contributed by atoms with van der Waals surface area (Å²) in [6.45, 7) is 5.07. The van der Waals surface area contributed by atoms with E-state index in [2.05, 4.69) is 37.6 Å². The molecule has 1 unspecified atom stereocenters. The van der Waals surface area contributed by atoms with Crippen molar-refractivity contribution in [3.8, 4) is 11.3 Å². The molecule has 3 aliphatic rings. The van der Waals surface area contributed by atoms with E-state index < -0.39 is 0 Å². The van der Waals surface area contributed by atoms with Gasteiger partial charge in [-0.15, -0.1) is 5.10 Å². The zero-order chi connectivity index (χ0) is 23.1. The second-order valence-electron chi connectivity index (χ2n) is 10.3. The fourth-order valence-corrected chi connectivity index (χ4v) is 4.98. The van der Waals surface area contributed by atoms with Crippen LogP contribution in [0.1, 0.15) is 63.1 Å². The smallest absolute Gasteiger partial charge is 0.254 e. The molecule has 2 atom stereocenters. The van der Waals surface area contributed by atoms with Crippen LogP contribution in [0.25, 0.3) is 11.3 Å². The van der Waals surface area contributed by atoms with E-state index in [1.54, 1.807) is 15.3 Å². The van der Waals surface area contributed by atoms with Gasteiger partial charge < -0.3 is 10.2 Å². The Morgan fingerprint density at radius 3 is 2.82 bits per heavy atom. The minimum atomic E-state index is -0.267. The molecule has 8 nitrogen and oxygen atoms in total. The van der Waals surface area contributed by atoms with Gasteiger partial charge in [0.05, 0.1) is 6.20 Å². The van der Waals surface area contributed by atoms with Crippen LogP contribution in [0.4, 0.5) is 5.69 Å². The van der Waals surface area contributed by atoms with E-state index in [0.29, 0.717) is 12.0 Å². The number of piperidine rings is 1. The first-order chi connectivity index (χ1) is 16.6. The molecule has 0 aromatic carbocycles. The Morgan fingerprint density at radius 1 is 1.15 bits per heavy atom. The van der Waals surface area contributed by atoms with E-state index in [4.69, 9.17) is 0 Å². The second kappa shape index (κ2) is 8.98. The minimum Gasteiger partial charge on any atom is -0.370 e. The summed E-state index contributed by atoms with van der Waals surface area (Å²) in [5, 5.41) is 12.4. The molecule has 0 bridgehead atoms. The topological polar surface area (TPSA) is 80.9 Å². The van der Waals surface area contributed by atoms with Crippen molar-refractivity contribution >= 4 is 5.69 Å². The lowest BCUT2D eigenvalue weighted by Gasteiger charge is -2.35. The van der Waals surface area contributed by atoms with Gasteiger partial charge in [0.25, 0.3) is 5.56 Å². The SMILES string of the molecule is CC(n1cc(-c2cncc(C3CC3)c2)nn1)n1ccc(N2CCC[C@@H](NCC3CC3)C2)cc1=O. The molecule has 3 aromatic heterocycles. The van der Waals surface area contributed by atoms with E-state index in [0.717, 1.165) is 48.9 Å². The Labute approximate surface area is 200 Å². The van der Waals surface area contributed by atoms with E-state index >= 15 is 0 Å². The predicted octanol–water partition coefficient (Wildman–Crippen LogP) is 3.41. The molecular weight excluding hydrogens is 426 g/mol. The molecule has 1 N–H and O–H groups in total. The van der Waals surface area contributed by atoms with Crippen molar-refractivity contribution in [3.05, 3.63) is 58.9 Å². The molecule has 0 amide bonds. The number of hydrogen-bond acceptors (Lipinski definition) is 6.